The van der Waals surface area contributed by atoms with Gasteiger partial charge in [-0.15, -0.1) is 0 Å². The van der Waals surface area contributed by atoms with Gasteiger partial charge in [0.1, 0.15) is 5.82 Å². The topological polar surface area (TPSA) is 66.5 Å². The summed E-state index contributed by atoms with van der Waals surface area (Å²) in [5.74, 6) is -0.660. The zero-order valence-corrected chi connectivity index (χ0v) is 15.4. The average Bonchev–Trinajstić information content (AvgIpc) is 2.54. The van der Waals surface area contributed by atoms with Gasteiger partial charge in [0.05, 0.1) is 18.0 Å². The summed E-state index contributed by atoms with van der Waals surface area (Å²) in [4.78, 5) is 12.6. The van der Waals surface area contributed by atoms with E-state index in [-0.39, 0.29) is 17.8 Å². The molecule has 2 rings (SSSR count). The third kappa shape index (κ3) is 4.36. The third-order valence-corrected chi connectivity index (χ3v) is 5.30. The Hall–Kier alpha value is -2.41. The molecule has 0 aliphatic rings. The Morgan fingerprint density at radius 3 is 2.32 bits per heavy atom. The minimum atomic E-state index is -3.42. The SMILES string of the molecule is Cc1c(C(=O)N[C@H](C)c2ccc(F)cc2)cccc1N(C)S(C)(=O)=O. The normalized spacial score (nSPS) is 12.5. The summed E-state index contributed by atoms with van der Waals surface area (Å²) >= 11 is 0. The van der Waals surface area contributed by atoms with Gasteiger partial charge in [0.15, 0.2) is 0 Å². The highest BCUT2D eigenvalue weighted by atomic mass is 32.2. The zero-order chi connectivity index (χ0) is 18.8. The lowest BCUT2D eigenvalue weighted by molar-refractivity contribution is 0.0939. The Morgan fingerprint density at radius 2 is 1.76 bits per heavy atom. The minimum Gasteiger partial charge on any atom is -0.346 e. The summed E-state index contributed by atoms with van der Waals surface area (Å²) in [5, 5.41) is 2.85. The summed E-state index contributed by atoms with van der Waals surface area (Å²) < 4.78 is 37.6. The fourth-order valence-corrected chi connectivity index (χ4v) is 3.05. The molecule has 1 amide bonds. The number of rotatable bonds is 5. The number of anilines is 1. The fraction of sp³-hybridized carbons (Fsp3) is 0.278. The van der Waals surface area contributed by atoms with Crippen molar-refractivity contribution in [2.45, 2.75) is 19.9 Å². The molecule has 1 N–H and O–H groups in total. The maximum absolute atomic E-state index is 13.0. The maximum Gasteiger partial charge on any atom is 0.252 e. The van der Waals surface area contributed by atoms with E-state index in [0.29, 0.717) is 16.8 Å². The van der Waals surface area contributed by atoms with Crippen LogP contribution in [0, 0.1) is 12.7 Å². The van der Waals surface area contributed by atoms with Gasteiger partial charge in [0.2, 0.25) is 10.0 Å². The van der Waals surface area contributed by atoms with Crippen LogP contribution in [0.1, 0.15) is 34.5 Å². The molecule has 25 heavy (non-hydrogen) atoms. The number of halogens is 1. The van der Waals surface area contributed by atoms with Crippen molar-refractivity contribution in [3.8, 4) is 0 Å². The Kier molecular flexibility index (Phi) is 5.47. The number of sulfonamides is 1. The molecule has 2 aromatic rings. The summed E-state index contributed by atoms with van der Waals surface area (Å²) in [6.45, 7) is 3.50. The van der Waals surface area contributed by atoms with Crippen LogP contribution in [-0.2, 0) is 10.0 Å². The van der Waals surface area contributed by atoms with E-state index in [2.05, 4.69) is 5.32 Å². The second-order valence-electron chi connectivity index (χ2n) is 5.93. The van der Waals surface area contributed by atoms with Gasteiger partial charge in [0, 0.05) is 12.6 Å². The maximum atomic E-state index is 13.0. The van der Waals surface area contributed by atoms with E-state index in [1.54, 1.807) is 44.2 Å². The number of benzene rings is 2. The molecule has 0 heterocycles. The first-order valence-corrected chi connectivity index (χ1v) is 9.56. The van der Waals surface area contributed by atoms with E-state index in [1.807, 2.05) is 0 Å². The molecule has 0 aliphatic heterocycles. The van der Waals surface area contributed by atoms with Gasteiger partial charge in [-0.3, -0.25) is 9.10 Å². The molecule has 0 spiro atoms. The number of carbonyl (C=O) groups excluding carboxylic acids is 1. The van der Waals surface area contributed by atoms with Crippen LogP contribution < -0.4 is 9.62 Å². The summed E-state index contributed by atoms with van der Waals surface area (Å²) in [5.41, 5.74) is 2.18. The van der Waals surface area contributed by atoms with E-state index in [0.717, 1.165) is 16.1 Å². The monoisotopic (exact) mass is 364 g/mol. The van der Waals surface area contributed by atoms with E-state index < -0.39 is 10.0 Å². The van der Waals surface area contributed by atoms with Crippen LogP contribution in [0.3, 0.4) is 0 Å². The molecule has 134 valence electrons. The molecule has 1 atom stereocenters. The highest BCUT2D eigenvalue weighted by molar-refractivity contribution is 7.92. The summed E-state index contributed by atoms with van der Waals surface area (Å²) in [7, 11) is -1.98. The molecule has 0 bridgehead atoms. The second-order valence-corrected chi connectivity index (χ2v) is 7.94. The number of carbonyl (C=O) groups is 1. The average molecular weight is 364 g/mol. The van der Waals surface area contributed by atoms with Crippen molar-refractivity contribution in [3.05, 3.63) is 65.0 Å². The lowest BCUT2D eigenvalue weighted by Crippen LogP contribution is -2.29. The second kappa shape index (κ2) is 7.23. The number of hydrogen-bond donors (Lipinski definition) is 1. The Labute approximate surface area is 147 Å². The predicted octanol–water partition coefficient (Wildman–Crippen LogP) is 3.02. The van der Waals surface area contributed by atoms with Gasteiger partial charge in [-0.25, -0.2) is 12.8 Å². The molecule has 0 saturated heterocycles. The first-order valence-electron chi connectivity index (χ1n) is 7.71. The van der Waals surface area contributed by atoms with E-state index in [4.69, 9.17) is 0 Å². The van der Waals surface area contributed by atoms with Crippen molar-refractivity contribution in [3.63, 3.8) is 0 Å². The quantitative estimate of drug-likeness (QED) is 0.887. The highest BCUT2D eigenvalue weighted by Gasteiger charge is 2.19. The van der Waals surface area contributed by atoms with Crippen LogP contribution in [0.15, 0.2) is 42.5 Å². The Bertz CT molecular complexity index is 880. The predicted molar refractivity (Wildman–Crippen MR) is 96.7 cm³/mol. The molecule has 0 radical (unpaired) electrons. The van der Waals surface area contributed by atoms with E-state index in [1.165, 1.54) is 19.2 Å². The number of hydrogen-bond acceptors (Lipinski definition) is 3. The zero-order valence-electron chi connectivity index (χ0n) is 14.6. The Balaban J connectivity index is 2.26. The van der Waals surface area contributed by atoms with E-state index in [9.17, 15) is 17.6 Å². The van der Waals surface area contributed by atoms with Crippen molar-refractivity contribution < 1.29 is 17.6 Å². The summed E-state index contributed by atoms with van der Waals surface area (Å²) in [6, 6.07) is 10.5. The number of amides is 1. The lowest BCUT2D eigenvalue weighted by Gasteiger charge is -2.21. The van der Waals surface area contributed by atoms with Crippen molar-refractivity contribution in [2.24, 2.45) is 0 Å². The highest BCUT2D eigenvalue weighted by Crippen LogP contribution is 2.24. The van der Waals surface area contributed by atoms with Crippen LogP contribution in [0.25, 0.3) is 0 Å². The Morgan fingerprint density at radius 1 is 1.16 bits per heavy atom. The van der Waals surface area contributed by atoms with Crippen LogP contribution in [0.4, 0.5) is 10.1 Å². The lowest BCUT2D eigenvalue weighted by atomic mass is 10.0. The van der Waals surface area contributed by atoms with E-state index >= 15 is 0 Å². The third-order valence-electron chi connectivity index (χ3n) is 4.10. The standard InChI is InChI=1S/C18H21FN2O3S/c1-12-16(6-5-7-17(12)21(3)25(4,23)24)18(22)20-13(2)14-8-10-15(19)11-9-14/h5-11,13H,1-4H3,(H,20,22)/t13-/m1/s1. The molecule has 0 aliphatic carbocycles. The van der Waals surface area contributed by atoms with Crippen LogP contribution >= 0.6 is 0 Å². The first-order chi connectivity index (χ1) is 11.6. The molecule has 5 nitrogen and oxygen atoms in total. The molecule has 0 saturated carbocycles. The molecule has 0 unspecified atom stereocenters. The van der Waals surface area contributed by atoms with Gasteiger partial charge < -0.3 is 5.32 Å². The van der Waals surface area contributed by atoms with Crippen molar-refractivity contribution in [2.75, 3.05) is 17.6 Å². The smallest absolute Gasteiger partial charge is 0.252 e. The number of nitrogens with zero attached hydrogens (tertiary/aromatic N) is 1. The summed E-state index contributed by atoms with van der Waals surface area (Å²) in [6.07, 6.45) is 1.11. The van der Waals surface area contributed by atoms with Gasteiger partial charge in [-0.05, 0) is 49.2 Å². The molecular weight excluding hydrogens is 343 g/mol. The van der Waals surface area contributed by atoms with Crippen molar-refractivity contribution >= 4 is 21.6 Å². The molecule has 2 aromatic carbocycles. The molecule has 0 aromatic heterocycles. The van der Waals surface area contributed by atoms with Gasteiger partial charge in [-0.2, -0.15) is 0 Å². The fourth-order valence-electron chi connectivity index (χ4n) is 2.50. The van der Waals surface area contributed by atoms with Gasteiger partial charge >= 0.3 is 0 Å². The van der Waals surface area contributed by atoms with Crippen LogP contribution in [0.5, 0.6) is 0 Å². The van der Waals surface area contributed by atoms with Crippen LogP contribution in [-0.4, -0.2) is 27.6 Å². The molecular formula is C18H21FN2O3S. The van der Waals surface area contributed by atoms with Crippen molar-refractivity contribution in [1.82, 2.24) is 5.32 Å². The van der Waals surface area contributed by atoms with Gasteiger partial charge in [-0.1, -0.05) is 18.2 Å². The molecule has 7 heteroatoms. The number of nitrogens with one attached hydrogen (secondary N) is 1. The van der Waals surface area contributed by atoms with Gasteiger partial charge in [0.25, 0.3) is 5.91 Å². The van der Waals surface area contributed by atoms with Crippen LogP contribution in [0.2, 0.25) is 0 Å². The molecule has 0 fully saturated rings. The largest absolute Gasteiger partial charge is 0.346 e. The van der Waals surface area contributed by atoms with Crippen molar-refractivity contribution in [1.29, 1.82) is 0 Å². The first kappa shape index (κ1) is 18.9. The minimum absolute atomic E-state index is 0.316.